The largest absolute Gasteiger partial charge is 0.462 e. The zero-order valence-electron chi connectivity index (χ0n) is 14.2. The first-order valence-corrected chi connectivity index (χ1v) is 8.79. The molecule has 2 aromatic rings. The fraction of sp³-hybridized carbons (Fsp3) is 0.500. The first kappa shape index (κ1) is 19.1. The van der Waals surface area contributed by atoms with Crippen LogP contribution in [0, 0.1) is 6.92 Å². The summed E-state index contributed by atoms with van der Waals surface area (Å²) >= 11 is 1.07. The minimum atomic E-state index is -0.603. The highest BCUT2D eigenvalue weighted by Gasteiger charge is 2.18. The number of carbonyl (C=O) groups is 2. The van der Waals surface area contributed by atoms with Crippen molar-refractivity contribution in [1.29, 1.82) is 0 Å². The monoisotopic (exact) mass is 367 g/mol. The third-order valence-electron chi connectivity index (χ3n) is 3.57. The van der Waals surface area contributed by atoms with Crippen LogP contribution in [0.5, 0.6) is 0 Å². The van der Waals surface area contributed by atoms with Gasteiger partial charge in [-0.25, -0.2) is 4.98 Å². The molecule has 0 atom stereocenters. The molecule has 2 heterocycles. The van der Waals surface area contributed by atoms with Crippen LogP contribution in [0.4, 0.5) is 0 Å². The van der Waals surface area contributed by atoms with Gasteiger partial charge in [0.15, 0.2) is 0 Å². The summed E-state index contributed by atoms with van der Waals surface area (Å²) in [6.45, 7) is 4.54. The van der Waals surface area contributed by atoms with Crippen molar-refractivity contribution in [2.75, 3.05) is 19.8 Å². The van der Waals surface area contributed by atoms with Crippen LogP contribution in [0.2, 0.25) is 0 Å². The Morgan fingerprint density at radius 3 is 2.76 bits per heavy atom. The minimum absolute atomic E-state index is 0.135. The topological polar surface area (TPSA) is 114 Å². The van der Waals surface area contributed by atoms with Crippen molar-refractivity contribution < 1.29 is 19.1 Å². The molecule has 0 radical (unpaired) electrons. The van der Waals surface area contributed by atoms with Crippen LogP contribution in [-0.2, 0) is 20.8 Å². The molecule has 136 valence electrons. The van der Waals surface area contributed by atoms with Crippen LogP contribution in [0.1, 0.15) is 35.0 Å². The number of carbonyl (C=O) groups excluding carboxylic acids is 2. The number of aryl methyl sites for hydroxylation is 1. The molecule has 0 saturated heterocycles. The van der Waals surface area contributed by atoms with Gasteiger partial charge in [-0.2, -0.15) is 0 Å². The maximum atomic E-state index is 12.5. The molecule has 2 aromatic heterocycles. The van der Waals surface area contributed by atoms with Crippen molar-refractivity contribution in [1.82, 2.24) is 9.55 Å². The summed E-state index contributed by atoms with van der Waals surface area (Å²) < 4.78 is 11.5. The highest BCUT2D eigenvalue weighted by atomic mass is 32.1. The number of fused-ring (bicyclic) bond motifs is 1. The molecule has 0 aromatic carbocycles. The molecule has 25 heavy (non-hydrogen) atoms. The van der Waals surface area contributed by atoms with E-state index in [4.69, 9.17) is 15.2 Å². The molecule has 0 aliphatic carbocycles. The van der Waals surface area contributed by atoms with Crippen molar-refractivity contribution in [2.24, 2.45) is 5.73 Å². The fourth-order valence-electron chi connectivity index (χ4n) is 2.25. The average Bonchev–Trinajstić information content (AvgIpc) is 2.91. The molecule has 2 rings (SSSR count). The SMILES string of the molecule is CCCCOCCOC(=O)Cn1cnc2sc(C(N)=O)c(C)c2c1=O. The van der Waals surface area contributed by atoms with Gasteiger partial charge in [0.05, 0.1) is 23.2 Å². The van der Waals surface area contributed by atoms with Gasteiger partial charge in [-0.05, 0) is 18.9 Å². The fourth-order valence-corrected chi connectivity index (χ4v) is 3.25. The number of hydrogen-bond donors (Lipinski definition) is 1. The Morgan fingerprint density at radius 2 is 2.08 bits per heavy atom. The summed E-state index contributed by atoms with van der Waals surface area (Å²) in [5.41, 5.74) is 5.38. The van der Waals surface area contributed by atoms with E-state index in [1.807, 2.05) is 0 Å². The zero-order chi connectivity index (χ0) is 18.4. The summed E-state index contributed by atoms with van der Waals surface area (Å²) in [6, 6.07) is 0. The number of ether oxygens (including phenoxy) is 2. The maximum absolute atomic E-state index is 12.5. The third kappa shape index (κ3) is 4.64. The van der Waals surface area contributed by atoms with Gasteiger partial charge in [0.25, 0.3) is 11.5 Å². The molecule has 0 aliphatic heterocycles. The molecule has 9 heteroatoms. The second kappa shape index (κ2) is 8.72. The predicted molar refractivity (Wildman–Crippen MR) is 93.8 cm³/mol. The van der Waals surface area contributed by atoms with E-state index in [0.29, 0.717) is 33.9 Å². The lowest BCUT2D eigenvalue weighted by Crippen LogP contribution is -2.26. The van der Waals surface area contributed by atoms with Crippen LogP contribution in [0.3, 0.4) is 0 Å². The number of esters is 1. The van der Waals surface area contributed by atoms with E-state index in [1.54, 1.807) is 6.92 Å². The van der Waals surface area contributed by atoms with Crippen molar-refractivity contribution in [3.8, 4) is 0 Å². The highest BCUT2D eigenvalue weighted by Crippen LogP contribution is 2.26. The van der Waals surface area contributed by atoms with Crippen molar-refractivity contribution in [2.45, 2.75) is 33.2 Å². The number of aromatic nitrogens is 2. The highest BCUT2D eigenvalue weighted by molar-refractivity contribution is 7.20. The number of nitrogens with two attached hydrogens (primary N) is 1. The lowest BCUT2D eigenvalue weighted by atomic mass is 10.2. The number of hydrogen-bond acceptors (Lipinski definition) is 7. The molecule has 0 spiro atoms. The number of thiophene rings is 1. The summed E-state index contributed by atoms with van der Waals surface area (Å²) in [5, 5.41) is 0.303. The van der Waals surface area contributed by atoms with Gasteiger partial charge >= 0.3 is 5.97 Å². The number of primary amides is 1. The Kier molecular flexibility index (Phi) is 6.65. The third-order valence-corrected chi connectivity index (χ3v) is 4.79. The molecule has 0 fully saturated rings. The van der Waals surface area contributed by atoms with E-state index >= 15 is 0 Å². The van der Waals surface area contributed by atoms with E-state index in [9.17, 15) is 14.4 Å². The second-order valence-electron chi connectivity index (χ2n) is 5.46. The number of amides is 1. The minimum Gasteiger partial charge on any atom is -0.462 e. The normalized spacial score (nSPS) is 11.0. The van der Waals surface area contributed by atoms with Crippen LogP contribution in [0.15, 0.2) is 11.1 Å². The molecule has 8 nitrogen and oxygen atoms in total. The van der Waals surface area contributed by atoms with Crippen LogP contribution in [0.25, 0.3) is 10.2 Å². The number of nitrogens with zero attached hydrogens (tertiary/aromatic N) is 2. The lowest BCUT2D eigenvalue weighted by Gasteiger charge is -2.07. The number of rotatable bonds is 9. The van der Waals surface area contributed by atoms with E-state index < -0.39 is 17.4 Å². The molecule has 0 unspecified atom stereocenters. The maximum Gasteiger partial charge on any atom is 0.326 e. The van der Waals surface area contributed by atoms with E-state index in [1.165, 1.54) is 6.33 Å². The Morgan fingerprint density at radius 1 is 1.32 bits per heavy atom. The number of unbranched alkanes of at least 4 members (excludes halogenated alkanes) is 1. The van der Waals surface area contributed by atoms with Gasteiger partial charge in [0, 0.05) is 6.61 Å². The average molecular weight is 367 g/mol. The molecular weight excluding hydrogens is 346 g/mol. The Hall–Kier alpha value is -2.26. The molecule has 0 saturated carbocycles. The van der Waals surface area contributed by atoms with E-state index in [0.717, 1.165) is 28.7 Å². The van der Waals surface area contributed by atoms with Gasteiger partial charge < -0.3 is 15.2 Å². The van der Waals surface area contributed by atoms with Crippen LogP contribution >= 0.6 is 11.3 Å². The van der Waals surface area contributed by atoms with Crippen molar-refractivity contribution in [3.63, 3.8) is 0 Å². The van der Waals surface area contributed by atoms with Gasteiger partial charge in [-0.15, -0.1) is 11.3 Å². The Labute approximate surface area is 148 Å². The van der Waals surface area contributed by atoms with Crippen molar-refractivity contribution in [3.05, 3.63) is 27.1 Å². The summed E-state index contributed by atoms with van der Waals surface area (Å²) in [5.74, 6) is -1.15. The quantitative estimate of drug-likeness (QED) is 0.527. The first-order valence-electron chi connectivity index (χ1n) is 7.97. The molecule has 1 amide bonds. The lowest BCUT2D eigenvalue weighted by molar-refractivity contribution is -0.146. The second-order valence-corrected chi connectivity index (χ2v) is 6.46. The van der Waals surface area contributed by atoms with E-state index in [2.05, 4.69) is 11.9 Å². The molecule has 0 bridgehead atoms. The van der Waals surface area contributed by atoms with Gasteiger partial charge in [0.2, 0.25) is 0 Å². The smallest absolute Gasteiger partial charge is 0.326 e. The predicted octanol–water partition coefficient (Wildman–Crippen LogP) is 1.23. The van der Waals surface area contributed by atoms with Gasteiger partial charge in [-0.3, -0.25) is 19.0 Å². The van der Waals surface area contributed by atoms with Crippen LogP contribution in [-0.4, -0.2) is 41.2 Å². The van der Waals surface area contributed by atoms with Gasteiger partial charge in [0.1, 0.15) is 18.0 Å². The standard InChI is InChI=1S/C16H21N3O5S/c1-3-4-5-23-6-7-24-11(20)8-19-9-18-15-12(16(19)22)10(2)13(25-15)14(17)21/h9H,3-8H2,1-2H3,(H2,17,21). The summed E-state index contributed by atoms with van der Waals surface area (Å²) in [7, 11) is 0. The van der Waals surface area contributed by atoms with E-state index in [-0.39, 0.29) is 13.2 Å². The molecule has 0 aliphatic rings. The zero-order valence-corrected chi connectivity index (χ0v) is 15.1. The summed E-state index contributed by atoms with van der Waals surface area (Å²) in [6.07, 6.45) is 3.27. The molecule has 2 N–H and O–H groups in total. The van der Waals surface area contributed by atoms with Crippen molar-refractivity contribution >= 4 is 33.4 Å². The molecular formula is C16H21N3O5S. The first-order chi connectivity index (χ1) is 12.0. The van der Waals surface area contributed by atoms with Crippen LogP contribution < -0.4 is 11.3 Å². The Bertz CT molecular complexity index is 827. The Balaban J connectivity index is 2.03. The summed E-state index contributed by atoms with van der Waals surface area (Å²) in [4.78, 5) is 40.6. The van der Waals surface area contributed by atoms with Gasteiger partial charge in [-0.1, -0.05) is 13.3 Å².